The fraction of sp³-hybridized carbons (Fsp3) is 0.435. The summed E-state index contributed by atoms with van der Waals surface area (Å²) in [5.74, 6) is 0.170. The molecule has 1 aliphatic carbocycles. The zero-order chi connectivity index (χ0) is 20.4. The van der Waals surface area contributed by atoms with Gasteiger partial charge in [-0.2, -0.15) is 5.26 Å². The Kier molecular flexibility index (Phi) is 5.77. The van der Waals surface area contributed by atoms with Crippen LogP contribution in [0, 0.1) is 25.2 Å². The number of fused-ring (bicyclic) bond motifs is 1. The number of benzene rings is 1. The number of carbonyl (C=O) groups is 1. The van der Waals surface area contributed by atoms with Crippen molar-refractivity contribution in [3.63, 3.8) is 0 Å². The van der Waals surface area contributed by atoms with Gasteiger partial charge in [-0.25, -0.2) is 4.98 Å². The van der Waals surface area contributed by atoms with E-state index in [1.807, 2.05) is 19.9 Å². The lowest BCUT2D eigenvalue weighted by molar-refractivity contribution is -0.113. The van der Waals surface area contributed by atoms with Gasteiger partial charge in [0.25, 0.3) is 0 Å². The minimum Gasteiger partial charge on any atom is -0.372 e. The first kappa shape index (κ1) is 19.8. The number of amides is 1. The molecule has 0 radical (unpaired) electrons. The van der Waals surface area contributed by atoms with E-state index in [9.17, 15) is 10.1 Å². The summed E-state index contributed by atoms with van der Waals surface area (Å²) in [4.78, 5) is 19.6. The van der Waals surface area contributed by atoms with Gasteiger partial charge in [0.1, 0.15) is 11.1 Å². The normalized spacial score (nSPS) is 15.3. The maximum Gasteiger partial charge on any atom is 0.234 e. The number of rotatable bonds is 5. The highest BCUT2D eigenvalue weighted by molar-refractivity contribution is 8.00. The lowest BCUT2D eigenvalue weighted by Crippen LogP contribution is -2.18. The number of anilines is 2. The van der Waals surface area contributed by atoms with Gasteiger partial charge in [-0.1, -0.05) is 11.8 Å². The average molecular weight is 407 g/mol. The summed E-state index contributed by atoms with van der Waals surface area (Å²) < 4.78 is 0. The molecular weight excluding hydrogens is 380 g/mol. The monoisotopic (exact) mass is 406 g/mol. The highest BCUT2D eigenvalue weighted by Gasteiger charge is 2.21. The van der Waals surface area contributed by atoms with Gasteiger partial charge in [-0.3, -0.25) is 4.79 Å². The third-order valence-corrected chi connectivity index (χ3v) is 6.85. The van der Waals surface area contributed by atoms with Gasteiger partial charge in [0.05, 0.1) is 11.3 Å². The molecule has 0 spiro atoms. The smallest absolute Gasteiger partial charge is 0.234 e. The van der Waals surface area contributed by atoms with Crippen LogP contribution in [0.3, 0.4) is 0 Å². The van der Waals surface area contributed by atoms with Gasteiger partial charge in [0, 0.05) is 30.2 Å². The highest BCUT2D eigenvalue weighted by atomic mass is 32.2. The molecule has 1 saturated heterocycles. The molecule has 6 heteroatoms. The zero-order valence-electron chi connectivity index (χ0n) is 17.0. The van der Waals surface area contributed by atoms with Crippen molar-refractivity contribution in [2.75, 3.05) is 29.1 Å². The molecule has 29 heavy (non-hydrogen) atoms. The van der Waals surface area contributed by atoms with E-state index in [2.05, 4.69) is 28.4 Å². The number of hydrogen-bond acceptors (Lipinski definition) is 5. The van der Waals surface area contributed by atoms with E-state index in [0.717, 1.165) is 54.9 Å². The van der Waals surface area contributed by atoms with Crippen LogP contribution >= 0.6 is 11.8 Å². The Morgan fingerprint density at radius 3 is 2.76 bits per heavy atom. The number of nitrogens with one attached hydrogen (secondary N) is 1. The first-order chi connectivity index (χ1) is 14.1. The summed E-state index contributed by atoms with van der Waals surface area (Å²) in [6.45, 7) is 6.24. The molecule has 2 heterocycles. The lowest BCUT2D eigenvalue weighted by Gasteiger charge is -2.19. The average Bonchev–Trinajstić information content (AvgIpc) is 3.40. The number of aryl methyl sites for hydroxylation is 2. The van der Waals surface area contributed by atoms with Gasteiger partial charge in [0.2, 0.25) is 5.91 Å². The molecule has 150 valence electrons. The Balaban J connectivity index is 1.42. The first-order valence-corrected chi connectivity index (χ1v) is 11.3. The highest BCUT2D eigenvalue weighted by Crippen LogP contribution is 2.32. The first-order valence-electron chi connectivity index (χ1n) is 10.3. The number of hydrogen-bond donors (Lipinski definition) is 1. The molecule has 2 aromatic rings. The predicted octanol–water partition coefficient (Wildman–Crippen LogP) is 4.39. The van der Waals surface area contributed by atoms with Gasteiger partial charge < -0.3 is 10.2 Å². The molecule has 1 aliphatic heterocycles. The Labute approximate surface area is 176 Å². The molecule has 0 unspecified atom stereocenters. The van der Waals surface area contributed by atoms with E-state index in [4.69, 9.17) is 4.98 Å². The van der Waals surface area contributed by atoms with Crippen molar-refractivity contribution >= 4 is 29.0 Å². The summed E-state index contributed by atoms with van der Waals surface area (Å²) in [6, 6.07) is 8.51. The van der Waals surface area contributed by atoms with Crippen LogP contribution in [0.2, 0.25) is 0 Å². The van der Waals surface area contributed by atoms with Crippen LogP contribution in [-0.2, 0) is 17.6 Å². The van der Waals surface area contributed by atoms with E-state index < -0.39 is 0 Å². The van der Waals surface area contributed by atoms with Gasteiger partial charge in [0.15, 0.2) is 0 Å². The summed E-state index contributed by atoms with van der Waals surface area (Å²) in [6.07, 6.45) is 5.55. The Morgan fingerprint density at radius 1 is 1.24 bits per heavy atom. The fourth-order valence-corrected chi connectivity index (χ4v) is 5.12. The van der Waals surface area contributed by atoms with Crippen LogP contribution in [-0.4, -0.2) is 29.7 Å². The SMILES string of the molecule is Cc1cc(N2CCCC2)ccc1NC(=O)CSc1nc2c(c(C)c1C#N)CCC2. The summed E-state index contributed by atoms with van der Waals surface area (Å²) >= 11 is 1.35. The van der Waals surface area contributed by atoms with Crippen LogP contribution in [0.15, 0.2) is 23.2 Å². The molecule has 0 bridgehead atoms. The second-order valence-corrected chi connectivity index (χ2v) is 8.80. The van der Waals surface area contributed by atoms with Crippen molar-refractivity contribution in [3.8, 4) is 6.07 Å². The number of thioether (sulfide) groups is 1. The van der Waals surface area contributed by atoms with Gasteiger partial charge in [-0.15, -0.1) is 0 Å². The molecule has 1 aromatic heterocycles. The van der Waals surface area contributed by atoms with Crippen molar-refractivity contribution in [3.05, 3.63) is 46.1 Å². The molecule has 0 atom stereocenters. The van der Waals surface area contributed by atoms with E-state index in [1.54, 1.807) is 0 Å². The second-order valence-electron chi connectivity index (χ2n) is 7.84. The van der Waals surface area contributed by atoms with Crippen molar-refractivity contribution in [1.29, 1.82) is 5.26 Å². The summed E-state index contributed by atoms with van der Waals surface area (Å²) in [5.41, 5.74) is 7.11. The Morgan fingerprint density at radius 2 is 2.03 bits per heavy atom. The Bertz CT molecular complexity index is 989. The number of aromatic nitrogens is 1. The van der Waals surface area contributed by atoms with Crippen molar-refractivity contribution < 1.29 is 4.79 Å². The molecule has 1 fully saturated rings. The standard InChI is InChI=1S/C23H26N4OS/c1-15-12-17(27-10-3-4-11-27)8-9-20(15)25-22(28)14-29-23-19(13-24)16(2)18-6-5-7-21(18)26-23/h8-9,12H,3-7,10-11,14H2,1-2H3,(H,25,28). The van der Waals surface area contributed by atoms with Crippen LogP contribution in [0.25, 0.3) is 0 Å². The molecule has 4 rings (SSSR count). The number of pyridine rings is 1. The summed E-state index contributed by atoms with van der Waals surface area (Å²) in [7, 11) is 0. The van der Waals surface area contributed by atoms with Crippen LogP contribution in [0.5, 0.6) is 0 Å². The van der Waals surface area contributed by atoms with Gasteiger partial charge in [-0.05, 0) is 80.8 Å². The lowest BCUT2D eigenvalue weighted by atomic mass is 10.0. The third-order valence-electron chi connectivity index (χ3n) is 5.87. The fourth-order valence-electron chi connectivity index (χ4n) is 4.26. The molecule has 2 aliphatic rings. The topological polar surface area (TPSA) is 69.0 Å². The van der Waals surface area contributed by atoms with Gasteiger partial charge >= 0.3 is 0 Å². The van der Waals surface area contributed by atoms with E-state index in [1.165, 1.54) is 35.9 Å². The number of carbonyl (C=O) groups excluding carboxylic acids is 1. The van der Waals surface area contributed by atoms with Crippen molar-refractivity contribution in [1.82, 2.24) is 4.98 Å². The van der Waals surface area contributed by atoms with Crippen molar-refractivity contribution in [2.45, 2.75) is 51.0 Å². The van der Waals surface area contributed by atoms with E-state index >= 15 is 0 Å². The molecule has 1 aromatic carbocycles. The maximum atomic E-state index is 12.5. The van der Waals surface area contributed by atoms with E-state index in [0.29, 0.717) is 10.6 Å². The predicted molar refractivity (Wildman–Crippen MR) is 118 cm³/mol. The third kappa shape index (κ3) is 4.11. The molecule has 5 nitrogen and oxygen atoms in total. The molecule has 1 amide bonds. The maximum absolute atomic E-state index is 12.5. The van der Waals surface area contributed by atoms with Crippen LogP contribution < -0.4 is 10.2 Å². The van der Waals surface area contributed by atoms with E-state index in [-0.39, 0.29) is 11.7 Å². The zero-order valence-corrected chi connectivity index (χ0v) is 17.9. The number of nitrogens with zero attached hydrogens (tertiary/aromatic N) is 3. The summed E-state index contributed by atoms with van der Waals surface area (Å²) in [5, 5.41) is 13.3. The Hall–Kier alpha value is -2.52. The van der Waals surface area contributed by atoms with Crippen LogP contribution in [0.4, 0.5) is 11.4 Å². The second kappa shape index (κ2) is 8.46. The van der Waals surface area contributed by atoms with Crippen LogP contribution in [0.1, 0.15) is 47.2 Å². The minimum atomic E-state index is -0.0733. The molecular formula is C23H26N4OS. The number of nitriles is 1. The van der Waals surface area contributed by atoms with Crippen molar-refractivity contribution in [2.24, 2.45) is 0 Å². The minimum absolute atomic E-state index is 0.0733. The molecule has 1 N–H and O–H groups in total. The quantitative estimate of drug-likeness (QED) is 0.746. The largest absolute Gasteiger partial charge is 0.372 e. The molecule has 0 saturated carbocycles.